The van der Waals surface area contributed by atoms with Gasteiger partial charge in [0, 0.05) is 22.9 Å². The Morgan fingerprint density at radius 1 is 1.80 bits per heavy atom. The summed E-state index contributed by atoms with van der Waals surface area (Å²) in [6.45, 7) is 2.70. The second-order valence-corrected chi connectivity index (χ2v) is 5.26. The van der Waals surface area contributed by atoms with E-state index in [0.717, 1.165) is 11.4 Å². The molecule has 1 atom stereocenters. The molecule has 0 saturated heterocycles. The predicted octanol–water partition coefficient (Wildman–Crippen LogP) is 0.327. The number of nitrogen functional groups attached to an aromatic ring is 1. The fourth-order valence-corrected chi connectivity index (χ4v) is 2.40. The standard InChI is InChI=1S/C8H14N4OS2/c1-5(2-9)14-3-6-4-15-8(11-6)7(13)12-10/h4-5H,2-3,9-10H2,1H3,(H,12,13). The van der Waals surface area contributed by atoms with Gasteiger partial charge in [-0.3, -0.25) is 10.2 Å². The van der Waals surface area contributed by atoms with Crippen LogP contribution in [0.5, 0.6) is 0 Å². The summed E-state index contributed by atoms with van der Waals surface area (Å²) in [7, 11) is 0. The number of rotatable bonds is 5. The molecule has 0 aliphatic carbocycles. The highest BCUT2D eigenvalue weighted by Gasteiger charge is 2.10. The normalized spacial score (nSPS) is 12.5. The lowest BCUT2D eigenvalue weighted by molar-refractivity contribution is 0.0953. The van der Waals surface area contributed by atoms with Gasteiger partial charge in [-0.15, -0.1) is 11.3 Å². The summed E-state index contributed by atoms with van der Waals surface area (Å²) in [6.07, 6.45) is 0. The Labute approximate surface area is 96.6 Å². The molecule has 0 aliphatic heterocycles. The summed E-state index contributed by atoms with van der Waals surface area (Å²) in [4.78, 5) is 15.3. The van der Waals surface area contributed by atoms with Crippen LogP contribution in [0.4, 0.5) is 0 Å². The molecule has 0 radical (unpaired) electrons. The van der Waals surface area contributed by atoms with E-state index >= 15 is 0 Å². The molecule has 5 N–H and O–H groups in total. The minimum Gasteiger partial charge on any atom is -0.329 e. The average Bonchev–Trinajstić information content (AvgIpc) is 2.73. The third-order valence-corrected chi connectivity index (χ3v) is 3.84. The van der Waals surface area contributed by atoms with Crippen LogP contribution in [0.3, 0.4) is 0 Å². The zero-order chi connectivity index (χ0) is 11.3. The fourth-order valence-electron chi connectivity index (χ4n) is 0.835. The summed E-state index contributed by atoms with van der Waals surface area (Å²) in [5, 5.41) is 2.66. The molecule has 0 aliphatic rings. The topological polar surface area (TPSA) is 94.0 Å². The zero-order valence-electron chi connectivity index (χ0n) is 8.40. The Kier molecular flexibility index (Phi) is 5.03. The maximum Gasteiger partial charge on any atom is 0.294 e. The van der Waals surface area contributed by atoms with E-state index in [1.54, 1.807) is 11.8 Å². The maximum atomic E-state index is 11.1. The number of amides is 1. The van der Waals surface area contributed by atoms with Crippen LogP contribution in [-0.2, 0) is 5.75 Å². The van der Waals surface area contributed by atoms with Crippen molar-refractivity contribution < 1.29 is 4.79 Å². The smallest absolute Gasteiger partial charge is 0.294 e. The lowest BCUT2D eigenvalue weighted by atomic mass is 10.5. The van der Waals surface area contributed by atoms with E-state index in [4.69, 9.17) is 11.6 Å². The van der Waals surface area contributed by atoms with Crippen molar-refractivity contribution in [2.24, 2.45) is 11.6 Å². The van der Waals surface area contributed by atoms with Crippen molar-refractivity contribution in [3.8, 4) is 0 Å². The fraction of sp³-hybridized carbons (Fsp3) is 0.500. The molecule has 84 valence electrons. The SMILES string of the molecule is CC(CN)SCc1csc(C(=O)NN)n1. The molecule has 0 bridgehead atoms. The maximum absolute atomic E-state index is 11.1. The van der Waals surface area contributed by atoms with Crippen LogP contribution in [-0.4, -0.2) is 22.7 Å². The predicted molar refractivity (Wildman–Crippen MR) is 63.6 cm³/mol. The Morgan fingerprint density at radius 3 is 3.13 bits per heavy atom. The second-order valence-electron chi connectivity index (χ2n) is 2.97. The van der Waals surface area contributed by atoms with E-state index in [2.05, 4.69) is 17.3 Å². The molecule has 0 fully saturated rings. The average molecular weight is 246 g/mol. The number of nitrogens with two attached hydrogens (primary N) is 2. The highest BCUT2D eigenvalue weighted by Crippen LogP contribution is 2.18. The molecule has 1 heterocycles. The first-order valence-electron chi connectivity index (χ1n) is 4.44. The molecule has 7 heteroatoms. The van der Waals surface area contributed by atoms with E-state index in [0.29, 0.717) is 16.8 Å². The molecule has 5 nitrogen and oxygen atoms in total. The largest absolute Gasteiger partial charge is 0.329 e. The van der Waals surface area contributed by atoms with Gasteiger partial charge in [0.05, 0.1) is 5.69 Å². The van der Waals surface area contributed by atoms with Crippen LogP contribution in [0.2, 0.25) is 0 Å². The van der Waals surface area contributed by atoms with Gasteiger partial charge in [0.2, 0.25) is 0 Å². The van der Waals surface area contributed by atoms with Crippen molar-refractivity contribution in [1.82, 2.24) is 10.4 Å². The summed E-state index contributed by atoms with van der Waals surface area (Å²) in [6, 6.07) is 0. The van der Waals surface area contributed by atoms with Gasteiger partial charge in [0.1, 0.15) is 0 Å². The van der Waals surface area contributed by atoms with E-state index < -0.39 is 0 Å². The number of thioether (sulfide) groups is 1. The van der Waals surface area contributed by atoms with Crippen LogP contribution in [0, 0.1) is 0 Å². The van der Waals surface area contributed by atoms with Gasteiger partial charge in [0.15, 0.2) is 5.01 Å². The van der Waals surface area contributed by atoms with Gasteiger partial charge in [-0.25, -0.2) is 10.8 Å². The molecular formula is C8H14N4OS2. The summed E-state index contributed by atoms with van der Waals surface area (Å²) in [5.41, 5.74) is 8.44. The Bertz CT molecular complexity index is 328. The van der Waals surface area contributed by atoms with Gasteiger partial charge in [-0.05, 0) is 0 Å². The lowest BCUT2D eigenvalue weighted by Crippen LogP contribution is -2.29. The Hall–Kier alpha value is -0.630. The molecule has 1 amide bonds. The molecule has 1 aromatic rings. The van der Waals surface area contributed by atoms with Gasteiger partial charge in [0.25, 0.3) is 5.91 Å². The van der Waals surface area contributed by atoms with Crippen LogP contribution in [0.1, 0.15) is 22.4 Å². The third-order valence-electron chi connectivity index (χ3n) is 1.72. The van der Waals surface area contributed by atoms with Crippen molar-refractivity contribution in [1.29, 1.82) is 0 Å². The molecule has 0 spiro atoms. The van der Waals surface area contributed by atoms with Crippen molar-refractivity contribution in [2.75, 3.05) is 6.54 Å². The van der Waals surface area contributed by atoms with Crippen LogP contribution in [0.15, 0.2) is 5.38 Å². The molecule has 15 heavy (non-hydrogen) atoms. The Morgan fingerprint density at radius 2 is 2.53 bits per heavy atom. The number of nitrogens with one attached hydrogen (secondary N) is 1. The van der Waals surface area contributed by atoms with Gasteiger partial charge in [-0.2, -0.15) is 11.8 Å². The van der Waals surface area contributed by atoms with Crippen molar-refractivity contribution in [2.45, 2.75) is 17.9 Å². The van der Waals surface area contributed by atoms with E-state index in [1.807, 2.05) is 5.38 Å². The van der Waals surface area contributed by atoms with E-state index in [9.17, 15) is 4.79 Å². The number of hydrogen-bond acceptors (Lipinski definition) is 6. The highest BCUT2D eigenvalue weighted by atomic mass is 32.2. The third kappa shape index (κ3) is 3.78. The number of aromatic nitrogens is 1. The summed E-state index contributed by atoms with van der Waals surface area (Å²) >= 11 is 3.01. The van der Waals surface area contributed by atoms with E-state index in [-0.39, 0.29) is 5.91 Å². The van der Waals surface area contributed by atoms with Crippen LogP contribution in [0.25, 0.3) is 0 Å². The number of carbonyl (C=O) groups is 1. The molecule has 1 rings (SSSR count). The molecule has 0 aromatic carbocycles. The van der Waals surface area contributed by atoms with E-state index in [1.165, 1.54) is 11.3 Å². The first-order chi connectivity index (χ1) is 7.17. The van der Waals surface area contributed by atoms with Crippen molar-refractivity contribution in [3.63, 3.8) is 0 Å². The highest BCUT2D eigenvalue weighted by molar-refractivity contribution is 7.99. The lowest BCUT2D eigenvalue weighted by Gasteiger charge is -2.05. The number of carbonyl (C=O) groups excluding carboxylic acids is 1. The zero-order valence-corrected chi connectivity index (χ0v) is 10.0. The van der Waals surface area contributed by atoms with Gasteiger partial charge in [-0.1, -0.05) is 6.92 Å². The number of nitrogens with zero attached hydrogens (tertiary/aromatic N) is 1. The minimum atomic E-state index is -0.344. The Balaban J connectivity index is 2.49. The second kappa shape index (κ2) is 6.06. The monoisotopic (exact) mass is 246 g/mol. The summed E-state index contributed by atoms with van der Waals surface area (Å²) < 4.78 is 0. The molecule has 1 aromatic heterocycles. The first-order valence-corrected chi connectivity index (χ1v) is 6.37. The van der Waals surface area contributed by atoms with Crippen molar-refractivity contribution >= 4 is 29.0 Å². The molecule has 0 saturated carbocycles. The quantitative estimate of drug-likeness (QED) is 0.395. The molecular weight excluding hydrogens is 232 g/mol. The van der Waals surface area contributed by atoms with Gasteiger partial charge >= 0.3 is 0 Å². The summed E-state index contributed by atoms with van der Waals surface area (Å²) in [5.74, 6) is 5.43. The number of hydrogen-bond donors (Lipinski definition) is 3. The molecule has 1 unspecified atom stereocenters. The number of thiazole rings is 1. The van der Waals surface area contributed by atoms with Crippen molar-refractivity contribution in [3.05, 3.63) is 16.1 Å². The van der Waals surface area contributed by atoms with Crippen LogP contribution < -0.4 is 17.0 Å². The van der Waals surface area contributed by atoms with Crippen LogP contribution >= 0.6 is 23.1 Å². The number of hydrazine groups is 1. The van der Waals surface area contributed by atoms with Gasteiger partial charge < -0.3 is 5.73 Å². The minimum absolute atomic E-state index is 0.344. The first kappa shape index (κ1) is 12.4.